The number of aromatic nitrogens is 2. The first kappa shape index (κ1) is 41.3. The molecule has 3 saturated heterocycles. The smallest absolute Gasteiger partial charge is 0.316 e. The predicted molar refractivity (Wildman–Crippen MR) is 236 cm³/mol. The highest BCUT2D eigenvalue weighted by molar-refractivity contribution is 6.05. The zero-order valence-electron chi connectivity index (χ0n) is 36.7. The summed E-state index contributed by atoms with van der Waals surface area (Å²) in [6.45, 7) is 11.8. The molecule has 2 aliphatic carbocycles. The van der Waals surface area contributed by atoms with Gasteiger partial charge in [-0.25, -0.2) is 14.4 Å². The van der Waals surface area contributed by atoms with Gasteiger partial charge in [-0.15, -0.1) is 0 Å². The van der Waals surface area contributed by atoms with Crippen molar-refractivity contribution in [2.24, 2.45) is 11.3 Å². The number of anilines is 1. The van der Waals surface area contributed by atoms with Gasteiger partial charge >= 0.3 is 6.01 Å². The Bertz CT molecular complexity index is 2230. The SMILES string of the molecule is C[C@@H]1CC2=C(Cc3ccccc32)[C@@H](c2cnc(OC3CCC4(CC3)CCN(CC3CCN(c5ccc6c(c5)CN(C5CCC(=O)NC5=O)C6=O)CC3)CC4)nc2)N1CC(C)(C)F. The summed E-state index contributed by atoms with van der Waals surface area (Å²) in [7, 11) is 0. The molecule has 3 atom stereocenters. The number of nitrogens with one attached hydrogen (secondary N) is 1. The van der Waals surface area contributed by atoms with Gasteiger partial charge in [0, 0.05) is 74.4 Å². The monoisotopic (exact) mass is 843 g/mol. The minimum Gasteiger partial charge on any atom is -0.460 e. The van der Waals surface area contributed by atoms with Crippen molar-refractivity contribution < 1.29 is 23.5 Å². The quantitative estimate of drug-likeness (QED) is 0.220. The van der Waals surface area contributed by atoms with Gasteiger partial charge < -0.3 is 19.4 Å². The van der Waals surface area contributed by atoms with E-state index in [1.165, 1.54) is 61.0 Å². The summed E-state index contributed by atoms with van der Waals surface area (Å²) in [6.07, 6.45) is 15.7. The van der Waals surface area contributed by atoms with Crippen LogP contribution in [-0.2, 0) is 22.6 Å². The average molecular weight is 844 g/mol. The normalized spacial score (nSPS) is 26.2. The molecular weight excluding hydrogens is 782 g/mol. The number of hydrogen-bond acceptors (Lipinski definition) is 9. The van der Waals surface area contributed by atoms with Crippen molar-refractivity contribution in [1.82, 2.24) is 30.0 Å². The van der Waals surface area contributed by atoms with Crippen LogP contribution >= 0.6 is 0 Å². The summed E-state index contributed by atoms with van der Waals surface area (Å²) in [5, 5.41) is 2.39. The molecule has 11 nitrogen and oxygen atoms in total. The third-order valence-electron chi connectivity index (χ3n) is 15.5. The van der Waals surface area contributed by atoms with Crippen LogP contribution in [0.3, 0.4) is 0 Å². The molecule has 328 valence electrons. The van der Waals surface area contributed by atoms with Crippen LogP contribution in [0.25, 0.3) is 5.57 Å². The fourth-order valence-corrected chi connectivity index (χ4v) is 12.1. The number of ether oxygens (including phenoxy) is 1. The summed E-state index contributed by atoms with van der Waals surface area (Å²) in [6, 6.07) is 14.8. The van der Waals surface area contributed by atoms with Gasteiger partial charge in [0.1, 0.15) is 17.8 Å². The first-order chi connectivity index (χ1) is 29.9. The van der Waals surface area contributed by atoms with Crippen molar-refractivity contribution in [3.63, 3.8) is 0 Å². The van der Waals surface area contributed by atoms with E-state index < -0.39 is 11.7 Å². The van der Waals surface area contributed by atoms with Gasteiger partial charge in [-0.2, -0.15) is 0 Å². The number of likely N-dealkylation sites (tertiary alicyclic amines) is 1. The topological polar surface area (TPSA) is 111 Å². The molecule has 12 heteroatoms. The molecule has 1 aromatic heterocycles. The number of benzene rings is 2. The van der Waals surface area contributed by atoms with Gasteiger partial charge in [0.2, 0.25) is 11.8 Å². The van der Waals surface area contributed by atoms with Crippen LogP contribution in [0, 0.1) is 11.3 Å². The van der Waals surface area contributed by atoms with E-state index in [0.717, 1.165) is 75.0 Å². The second kappa shape index (κ2) is 16.5. The number of nitrogens with zero attached hydrogens (tertiary/aromatic N) is 6. The fourth-order valence-electron chi connectivity index (χ4n) is 12.1. The highest BCUT2D eigenvalue weighted by Crippen LogP contribution is 2.49. The Kier molecular flexibility index (Phi) is 11.0. The zero-order valence-corrected chi connectivity index (χ0v) is 36.7. The first-order valence-electron chi connectivity index (χ1n) is 23.4. The molecule has 4 fully saturated rings. The molecule has 62 heavy (non-hydrogen) atoms. The van der Waals surface area contributed by atoms with E-state index in [2.05, 4.69) is 63.3 Å². The standard InChI is InChI=1S/C50H62FN7O4/c1-32-24-41-39-7-5-4-6-34(39)26-42(41)45(58(32)31-49(2,3)51)36-27-52-48(53-28-36)62-38-12-16-50(17-13-38)18-22-55(23-19-50)29-33-14-20-56(21-15-33)37-8-9-40-35(25-37)30-57(47(40)61)43-10-11-44(59)54-46(43)60/h4-9,25,27-28,32-33,38,43,45H,10-24,26,29-31H2,1-3H3,(H,54,59,60)/t32-,43?,45-/m1/s1. The van der Waals surface area contributed by atoms with E-state index in [1.807, 2.05) is 18.5 Å². The molecular formula is C50H62FN7O4. The molecule has 0 radical (unpaired) electrons. The van der Waals surface area contributed by atoms with Crippen LogP contribution in [0.1, 0.15) is 130 Å². The molecule has 7 aliphatic rings. The Balaban J connectivity index is 0.686. The molecule has 3 amide bonds. The number of rotatable bonds is 9. The van der Waals surface area contributed by atoms with Gasteiger partial charge in [-0.3, -0.25) is 24.6 Å². The molecule has 2 aromatic carbocycles. The van der Waals surface area contributed by atoms with Crippen molar-refractivity contribution in [3.8, 4) is 6.01 Å². The lowest BCUT2D eigenvalue weighted by Crippen LogP contribution is -2.52. The maximum absolute atomic E-state index is 15.2. The molecule has 1 spiro atoms. The number of halogens is 1. The minimum atomic E-state index is -1.32. The number of fused-ring (bicyclic) bond motifs is 3. The van der Waals surface area contributed by atoms with Crippen molar-refractivity contribution in [3.05, 3.63) is 88.2 Å². The lowest BCUT2D eigenvalue weighted by atomic mass is 9.67. The third-order valence-corrected chi connectivity index (χ3v) is 15.5. The predicted octanol–water partition coefficient (Wildman–Crippen LogP) is 7.45. The van der Waals surface area contributed by atoms with Gasteiger partial charge in [-0.05, 0) is 162 Å². The van der Waals surface area contributed by atoms with E-state index in [0.29, 0.717) is 42.4 Å². The third kappa shape index (κ3) is 8.17. The van der Waals surface area contributed by atoms with Crippen LogP contribution < -0.4 is 15.0 Å². The molecule has 1 N–H and O–H groups in total. The molecule has 1 unspecified atom stereocenters. The molecule has 1 saturated carbocycles. The number of carbonyl (C=O) groups excluding carboxylic acids is 3. The van der Waals surface area contributed by atoms with Gasteiger partial charge in [0.05, 0.1) is 6.04 Å². The average Bonchev–Trinajstić information content (AvgIpc) is 3.79. The molecule has 6 heterocycles. The van der Waals surface area contributed by atoms with E-state index in [4.69, 9.17) is 14.7 Å². The van der Waals surface area contributed by atoms with E-state index in [1.54, 1.807) is 18.7 Å². The second-order valence-corrected chi connectivity index (χ2v) is 20.3. The highest BCUT2D eigenvalue weighted by atomic mass is 19.1. The lowest BCUT2D eigenvalue weighted by molar-refractivity contribution is -0.136. The van der Waals surface area contributed by atoms with Crippen molar-refractivity contribution in [2.75, 3.05) is 44.2 Å². The Morgan fingerprint density at radius 2 is 1.63 bits per heavy atom. The maximum Gasteiger partial charge on any atom is 0.316 e. The Labute approximate surface area is 365 Å². The fraction of sp³-hybridized carbons (Fsp3) is 0.580. The van der Waals surface area contributed by atoms with Crippen LogP contribution in [0.4, 0.5) is 10.1 Å². The van der Waals surface area contributed by atoms with Crippen LogP contribution in [0.5, 0.6) is 6.01 Å². The van der Waals surface area contributed by atoms with Crippen LogP contribution in [0.2, 0.25) is 0 Å². The maximum atomic E-state index is 15.2. The Morgan fingerprint density at radius 1 is 0.887 bits per heavy atom. The van der Waals surface area contributed by atoms with Crippen molar-refractivity contribution in [2.45, 2.75) is 134 Å². The molecule has 3 aromatic rings. The number of piperidine rings is 3. The lowest BCUT2D eigenvalue weighted by Gasteiger charge is -2.46. The molecule has 10 rings (SSSR count). The number of carbonyl (C=O) groups is 3. The number of alkyl halides is 1. The van der Waals surface area contributed by atoms with Crippen molar-refractivity contribution >= 4 is 29.0 Å². The highest BCUT2D eigenvalue weighted by Gasteiger charge is 2.43. The van der Waals surface area contributed by atoms with E-state index >= 15 is 4.39 Å². The number of imide groups is 1. The summed E-state index contributed by atoms with van der Waals surface area (Å²) in [5.41, 5.74) is 8.34. The largest absolute Gasteiger partial charge is 0.460 e. The first-order valence-corrected chi connectivity index (χ1v) is 23.4. The van der Waals surface area contributed by atoms with Gasteiger partial charge in [0.25, 0.3) is 5.91 Å². The van der Waals surface area contributed by atoms with Gasteiger partial charge in [0.15, 0.2) is 0 Å². The summed E-state index contributed by atoms with van der Waals surface area (Å²) < 4.78 is 21.7. The number of hydrogen-bond donors (Lipinski definition) is 1. The number of amides is 3. The summed E-state index contributed by atoms with van der Waals surface area (Å²) in [5.74, 6) is -0.0719. The molecule has 5 aliphatic heterocycles. The second-order valence-electron chi connectivity index (χ2n) is 20.3. The van der Waals surface area contributed by atoms with E-state index in [9.17, 15) is 14.4 Å². The van der Waals surface area contributed by atoms with Crippen LogP contribution in [-0.4, -0.2) is 106 Å². The Morgan fingerprint density at radius 3 is 2.35 bits per heavy atom. The van der Waals surface area contributed by atoms with Gasteiger partial charge in [-0.1, -0.05) is 24.3 Å². The zero-order chi connectivity index (χ0) is 42.8. The Hall–Kier alpha value is -4.68. The molecule has 0 bridgehead atoms. The minimum absolute atomic E-state index is 0.0640. The van der Waals surface area contributed by atoms with Crippen molar-refractivity contribution in [1.29, 1.82) is 0 Å². The van der Waals surface area contributed by atoms with Crippen LogP contribution in [0.15, 0.2) is 60.4 Å². The summed E-state index contributed by atoms with van der Waals surface area (Å²) >= 11 is 0. The van der Waals surface area contributed by atoms with E-state index in [-0.39, 0.29) is 42.3 Å². The summed E-state index contributed by atoms with van der Waals surface area (Å²) in [4.78, 5) is 56.0.